The highest BCUT2D eigenvalue weighted by Crippen LogP contribution is 2.05. The van der Waals surface area contributed by atoms with Crippen LogP contribution in [0.2, 0.25) is 0 Å². The lowest BCUT2D eigenvalue weighted by Gasteiger charge is -2.24. The van der Waals surface area contributed by atoms with Crippen LogP contribution in [-0.4, -0.2) is 54.5 Å². The fourth-order valence-electron chi connectivity index (χ4n) is 1.15. The van der Waals surface area contributed by atoms with Crippen LogP contribution in [0, 0.1) is 0 Å². The Labute approximate surface area is 91.3 Å². The van der Waals surface area contributed by atoms with Gasteiger partial charge in [0.05, 0.1) is 25.3 Å². The van der Waals surface area contributed by atoms with E-state index in [0.717, 1.165) is 0 Å². The maximum atomic E-state index is 11.5. The number of imide groups is 1. The number of rotatable bonds is 4. The lowest BCUT2D eigenvalue weighted by atomic mass is 10.4. The van der Waals surface area contributed by atoms with Crippen molar-refractivity contribution >= 4 is 27.8 Å². The molecule has 90 valence electrons. The van der Waals surface area contributed by atoms with Crippen molar-refractivity contribution in [1.29, 1.82) is 0 Å². The Morgan fingerprint density at radius 2 is 1.81 bits per heavy atom. The van der Waals surface area contributed by atoms with Gasteiger partial charge in [0.1, 0.15) is 0 Å². The van der Waals surface area contributed by atoms with E-state index in [1.807, 2.05) is 5.32 Å². The number of carboxylic acid groups (broad SMARTS) is 1. The zero-order valence-electron chi connectivity index (χ0n) is 8.17. The number of carbonyl (C=O) groups is 3. The molecule has 9 heteroatoms. The van der Waals surface area contributed by atoms with Crippen molar-refractivity contribution in [3.63, 3.8) is 0 Å². The van der Waals surface area contributed by atoms with Gasteiger partial charge in [-0.1, -0.05) is 0 Å². The predicted molar refractivity (Wildman–Crippen MR) is 50.8 cm³/mol. The number of carbonyl (C=O) groups excluding carboxylic acids is 2. The van der Waals surface area contributed by atoms with E-state index < -0.39 is 53.1 Å². The van der Waals surface area contributed by atoms with Crippen LogP contribution in [0.5, 0.6) is 0 Å². The largest absolute Gasteiger partial charge is 0.481 e. The number of aliphatic carboxylic acids is 1. The van der Waals surface area contributed by atoms with E-state index in [4.69, 9.17) is 5.11 Å². The van der Waals surface area contributed by atoms with Crippen molar-refractivity contribution in [2.45, 2.75) is 6.42 Å². The fourth-order valence-corrected chi connectivity index (χ4v) is 2.47. The van der Waals surface area contributed by atoms with Gasteiger partial charge in [-0.05, 0) is 0 Å². The SMILES string of the molecule is O=C(O)CCS(=O)(=O)N1CC(=O)NC(=O)C1. The van der Waals surface area contributed by atoms with Gasteiger partial charge < -0.3 is 5.11 Å². The summed E-state index contributed by atoms with van der Waals surface area (Å²) in [7, 11) is -3.87. The van der Waals surface area contributed by atoms with E-state index >= 15 is 0 Å². The number of carboxylic acids is 1. The topological polar surface area (TPSA) is 121 Å². The third kappa shape index (κ3) is 3.28. The average molecular weight is 250 g/mol. The molecule has 0 radical (unpaired) electrons. The summed E-state index contributed by atoms with van der Waals surface area (Å²) >= 11 is 0. The number of nitrogens with zero attached hydrogens (tertiary/aromatic N) is 1. The zero-order chi connectivity index (χ0) is 12.3. The molecular formula is C7H10N2O6S. The average Bonchev–Trinajstić information content (AvgIpc) is 2.13. The first-order valence-corrected chi connectivity index (χ1v) is 5.94. The van der Waals surface area contributed by atoms with E-state index in [2.05, 4.69) is 0 Å². The molecule has 2 N–H and O–H groups in total. The molecule has 1 saturated heterocycles. The smallest absolute Gasteiger partial charge is 0.304 e. The number of hydrogen-bond acceptors (Lipinski definition) is 5. The quantitative estimate of drug-likeness (QED) is 0.544. The van der Waals surface area contributed by atoms with E-state index in [0.29, 0.717) is 4.31 Å². The van der Waals surface area contributed by atoms with Gasteiger partial charge in [-0.3, -0.25) is 19.7 Å². The summed E-state index contributed by atoms with van der Waals surface area (Å²) in [5.74, 6) is -3.30. The van der Waals surface area contributed by atoms with Crippen molar-refractivity contribution in [3.05, 3.63) is 0 Å². The van der Waals surface area contributed by atoms with Crippen LogP contribution in [0.15, 0.2) is 0 Å². The molecule has 0 aromatic heterocycles. The Hall–Kier alpha value is -1.48. The number of nitrogens with one attached hydrogen (secondary N) is 1. The normalized spacial score (nSPS) is 18.2. The summed E-state index contributed by atoms with van der Waals surface area (Å²) in [6, 6.07) is 0. The summed E-state index contributed by atoms with van der Waals surface area (Å²) in [4.78, 5) is 32.1. The number of hydrogen-bond donors (Lipinski definition) is 2. The molecule has 1 aliphatic rings. The van der Waals surface area contributed by atoms with Crippen molar-refractivity contribution in [3.8, 4) is 0 Å². The molecule has 1 rings (SSSR count). The van der Waals surface area contributed by atoms with Crippen molar-refractivity contribution in [1.82, 2.24) is 9.62 Å². The Morgan fingerprint density at radius 3 is 2.25 bits per heavy atom. The van der Waals surface area contributed by atoms with Crippen molar-refractivity contribution in [2.75, 3.05) is 18.8 Å². The van der Waals surface area contributed by atoms with Crippen LogP contribution in [0.1, 0.15) is 6.42 Å². The van der Waals surface area contributed by atoms with Gasteiger partial charge in [0, 0.05) is 0 Å². The van der Waals surface area contributed by atoms with Crippen LogP contribution < -0.4 is 5.32 Å². The van der Waals surface area contributed by atoms with E-state index in [1.54, 1.807) is 0 Å². The number of piperazine rings is 1. The summed E-state index contributed by atoms with van der Waals surface area (Å²) in [6.07, 6.45) is -0.561. The summed E-state index contributed by atoms with van der Waals surface area (Å²) in [5.41, 5.74) is 0. The van der Waals surface area contributed by atoms with Crippen LogP contribution in [-0.2, 0) is 24.4 Å². The second kappa shape index (κ2) is 4.58. The standard InChI is InChI=1S/C7H10N2O6S/c10-5-3-9(4-6(11)8-5)16(14,15)2-1-7(12)13/h1-4H2,(H,12,13)(H,8,10,11). The first kappa shape index (κ1) is 12.6. The first-order valence-electron chi connectivity index (χ1n) is 4.33. The van der Waals surface area contributed by atoms with Gasteiger partial charge in [-0.2, -0.15) is 4.31 Å². The molecule has 1 aliphatic heterocycles. The summed E-state index contributed by atoms with van der Waals surface area (Å²) < 4.78 is 23.7. The third-order valence-corrected chi connectivity index (χ3v) is 3.65. The van der Waals surface area contributed by atoms with E-state index in [9.17, 15) is 22.8 Å². The molecule has 0 spiro atoms. The van der Waals surface area contributed by atoms with Gasteiger partial charge in [-0.25, -0.2) is 8.42 Å². The second-order valence-electron chi connectivity index (χ2n) is 3.20. The molecule has 1 heterocycles. The molecule has 0 saturated carbocycles. The minimum absolute atomic E-state index is 0.451. The molecule has 0 atom stereocenters. The molecule has 2 amide bonds. The van der Waals surface area contributed by atoms with Gasteiger partial charge in [0.2, 0.25) is 21.8 Å². The Morgan fingerprint density at radius 1 is 1.31 bits per heavy atom. The molecule has 0 unspecified atom stereocenters. The molecule has 1 fully saturated rings. The second-order valence-corrected chi connectivity index (χ2v) is 5.29. The summed E-state index contributed by atoms with van der Waals surface area (Å²) in [5, 5.41) is 10.3. The molecule has 0 aromatic rings. The highest BCUT2D eigenvalue weighted by molar-refractivity contribution is 7.89. The highest BCUT2D eigenvalue weighted by atomic mass is 32.2. The van der Waals surface area contributed by atoms with Gasteiger partial charge in [0.15, 0.2) is 0 Å². The maximum Gasteiger partial charge on any atom is 0.304 e. The minimum Gasteiger partial charge on any atom is -0.481 e. The Bertz CT molecular complexity index is 412. The minimum atomic E-state index is -3.87. The molecular weight excluding hydrogens is 240 g/mol. The number of sulfonamides is 1. The van der Waals surface area contributed by atoms with E-state index in [1.165, 1.54) is 0 Å². The predicted octanol–water partition coefficient (Wildman–Crippen LogP) is -2.25. The number of amides is 2. The lowest BCUT2D eigenvalue weighted by molar-refractivity contribution is -0.136. The first-order chi connectivity index (χ1) is 7.31. The highest BCUT2D eigenvalue weighted by Gasteiger charge is 2.31. The monoisotopic (exact) mass is 250 g/mol. The molecule has 0 bridgehead atoms. The Balaban J connectivity index is 2.71. The van der Waals surface area contributed by atoms with Gasteiger partial charge in [-0.15, -0.1) is 0 Å². The van der Waals surface area contributed by atoms with Gasteiger partial charge >= 0.3 is 5.97 Å². The van der Waals surface area contributed by atoms with Crippen LogP contribution in [0.3, 0.4) is 0 Å². The van der Waals surface area contributed by atoms with Crippen LogP contribution in [0.4, 0.5) is 0 Å². The lowest BCUT2D eigenvalue weighted by Crippen LogP contribution is -2.53. The van der Waals surface area contributed by atoms with Gasteiger partial charge in [0.25, 0.3) is 0 Å². The summed E-state index contributed by atoms with van der Waals surface area (Å²) in [6.45, 7) is -0.901. The van der Waals surface area contributed by atoms with Crippen LogP contribution >= 0.6 is 0 Å². The molecule has 0 aliphatic carbocycles. The third-order valence-electron chi connectivity index (χ3n) is 1.89. The molecule has 8 nitrogen and oxygen atoms in total. The molecule has 0 aromatic carbocycles. The van der Waals surface area contributed by atoms with Crippen molar-refractivity contribution < 1.29 is 27.9 Å². The van der Waals surface area contributed by atoms with Crippen LogP contribution in [0.25, 0.3) is 0 Å². The molecule has 16 heavy (non-hydrogen) atoms. The Kier molecular flexibility index (Phi) is 3.60. The van der Waals surface area contributed by atoms with E-state index in [-0.39, 0.29) is 0 Å². The van der Waals surface area contributed by atoms with Crippen molar-refractivity contribution in [2.24, 2.45) is 0 Å². The fraction of sp³-hybridized carbons (Fsp3) is 0.571. The zero-order valence-corrected chi connectivity index (χ0v) is 8.99. The maximum absolute atomic E-state index is 11.5.